The molecule has 11 nitrogen and oxygen atoms in total. The maximum Gasteiger partial charge on any atom is 0.236 e. The molecule has 2 atom stereocenters. The van der Waals surface area contributed by atoms with E-state index in [0.29, 0.717) is 39.3 Å². The van der Waals surface area contributed by atoms with Gasteiger partial charge in [0.25, 0.3) is 0 Å². The van der Waals surface area contributed by atoms with E-state index in [1.54, 1.807) is 24.5 Å². The number of ether oxygens (including phenoxy) is 1. The van der Waals surface area contributed by atoms with E-state index in [9.17, 15) is 18.0 Å². The molecule has 2 heterocycles. The molecule has 2 N–H and O–H groups in total. The zero-order valence-corrected chi connectivity index (χ0v) is 22.9. The topological polar surface area (TPSA) is 130 Å². The van der Waals surface area contributed by atoms with Gasteiger partial charge in [-0.1, -0.05) is 30.2 Å². The van der Waals surface area contributed by atoms with E-state index in [2.05, 4.69) is 20.5 Å². The summed E-state index contributed by atoms with van der Waals surface area (Å²) in [6.07, 6.45) is 9.97. The first-order chi connectivity index (χ1) is 18.5. The first-order valence-corrected chi connectivity index (χ1v) is 15.5. The summed E-state index contributed by atoms with van der Waals surface area (Å²) in [5.41, 5.74) is 0.746. The van der Waals surface area contributed by atoms with Crippen LogP contribution in [-0.4, -0.2) is 104 Å². The van der Waals surface area contributed by atoms with Crippen LogP contribution in [0.5, 0.6) is 0 Å². The predicted octanol–water partition coefficient (Wildman–Crippen LogP) is 1.37. The van der Waals surface area contributed by atoms with E-state index >= 15 is 0 Å². The molecule has 2 aliphatic carbocycles. The fraction of sp³-hybridized carbons (Fsp3) is 0.731. The van der Waals surface area contributed by atoms with Crippen LogP contribution in [0.2, 0.25) is 0 Å². The van der Waals surface area contributed by atoms with Gasteiger partial charge in [0.2, 0.25) is 21.6 Å². The maximum absolute atomic E-state index is 13.2. The van der Waals surface area contributed by atoms with E-state index in [4.69, 9.17) is 9.57 Å². The number of unbranched alkanes of at least 4 members (excludes halogenated alkanes) is 3. The minimum absolute atomic E-state index is 0.0645. The van der Waals surface area contributed by atoms with Crippen LogP contribution in [0, 0.1) is 0 Å². The molecule has 1 aliphatic heterocycles. The van der Waals surface area contributed by atoms with Gasteiger partial charge in [-0.25, -0.2) is 8.42 Å². The number of carbonyl (C=O) groups is 2. The molecule has 12 heteroatoms. The molecule has 0 aromatic carbocycles. The van der Waals surface area contributed by atoms with E-state index in [-0.39, 0.29) is 11.8 Å². The molecule has 2 unspecified atom stereocenters. The lowest BCUT2D eigenvalue weighted by molar-refractivity contribution is -0.145. The van der Waals surface area contributed by atoms with Crippen LogP contribution in [0.3, 0.4) is 0 Å². The smallest absolute Gasteiger partial charge is 0.236 e. The van der Waals surface area contributed by atoms with Gasteiger partial charge in [0.15, 0.2) is 0 Å². The van der Waals surface area contributed by atoms with Gasteiger partial charge >= 0.3 is 0 Å². The summed E-state index contributed by atoms with van der Waals surface area (Å²) in [5.74, 6) is -0.742. The van der Waals surface area contributed by atoms with Crippen molar-refractivity contribution in [3.8, 4) is 0 Å². The summed E-state index contributed by atoms with van der Waals surface area (Å²) in [4.78, 5) is 36.1. The fourth-order valence-electron chi connectivity index (χ4n) is 5.22. The van der Waals surface area contributed by atoms with Crippen molar-refractivity contribution in [1.82, 2.24) is 19.7 Å². The highest BCUT2D eigenvalue weighted by Gasteiger charge is 2.48. The number of sulfonamides is 1. The lowest BCUT2D eigenvalue weighted by Gasteiger charge is -2.34. The number of aromatic nitrogens is 1. The number of nitrogens with zero attached hydrogens (tertiary/aromatic N) is 3. The normalized spacial score (nSPS) is 23.2. The van der Waals surface area contributed by atoms with E-state index in [1.807, 2.05) is 0 Å². The first kappa shape index (κ1) is 29.0. The molecule has 0 spiro atoms. The minimum Gasteiger partial charge on any atom is -0.379 e. The highest BCUT2D eigenvalue weighted by Crippen LogP contribution is 2.27. The molecular weight excluding hydrogens is 510 g/mol. The van der Waals surface area contributed by atoms with E-state index < -0.39 is 33.7 Å². The predicted molar refractivity (Wildman–Crippen MR) is 143 cm³/mol. The van der Waals surface area contributed by atoms with E-state index in [1.165, 1.54) is 4.47 Å². The molecule has 3 fully saturated rings. The van der Waals surface area contributed by atoms with Crippen molar-refractivity contribution >= 4 is 27.3 Å². The summed E-state index contributed by atoms with van der Waals surface area (Å²) in [6.45, 7) is 4.76. The van der Waals surface area contributed by atoms with Gasteiger partial charge in [0, 0.05) is 37.7 Å². The zero-order valence-electron chi connectivity index (χ0n) is 22.1. The third-order valence-electron chi connectivity index (χ3n) is 7.46. The number of hydroxylamine groups is 1. The molecule has 1 aromatic rings. The number of anilines is 1. The summed E-state index contributed by atoms with van der Waals surface area (Å²) < 4.78 is 33.0. The molecule has 0 bridgehead atoms. The van der Waals surface area contributed by atoms with Crippen LogP contribution in [0.4, 0.5) is 5.69 Å². The molecule has 38 heavy (non-hydrogen) atoms. The van der Waals surface area contributed by atoms with Crippen LogP contribution in [0.15, 0.2) is 24.5 Å². The average Bonchev–Trinajstić information content (AvgIpc) is 3.47. The van der Waals surface area contributed by atoms with Gasteiger partial charge < -0.3 is 15.4 Å². The number of Topliss-reactive ketones (excluding diaryl/α,β-unsaturated/α-hetero) is 2. The zero-order chi connectivity index (χ0) is 26.8. The Morgan fingerprint density at radius 3 is 2.42 bits per heavy atom. The molecule has 4 rings (SSSR count). The number of ketones is 2. The quantitative estimate of drug-likeness (QED) is 0.176. The second kappa shape index (κ2) is 14.4. The minimum atomic E-state index is -3.50. The summed E-state index contributed by atoms with van der Waals surface area (Å²) >= 11 is 0. The van der Waals surface area contributed by atoms with Crippen molar-refractivity contribution in [2.45, 2.75) is 69.5 Å². The second-order valence-corrected chi connectivity index (χ2v) is 12.2. The Morgan fingerprint density at radius 1 is 1.00 bits per heavy atom. The summed E-state index contributed by atoms with van der Waals surface area (Å²) in [5, 5.41) is 6.26. The van der Waals surface area contributed by atoms with Crippen LogP contribution < -0.4 is 10.6 Å². The van der Waals surface area contributed by atoms with Crippen LogP contribution in [-0.2, 0) is 29.2 Å². The van der Waals surface area contributed by atoms with Crippen LogP contribution in [0.1, 0.15) is 51.4 Å². The van der Waals surface area contributed by atoms with Gasteiger partial charge in [-0.3, -0.25) is 24.3 Å². The highest BCUT2D eigenvalue weighted by molar-refractivity contribution is 7.88. The average molecular weight is 552 g/mol. The van der Waals surface area contributed by atoms with Crippen molar-refractivity contribution < 1.29 is 27.6 Å². The van der Waals surface area contributed by atoms with Crippen LogP contribution in [0.25, 0.3) is 0 Å². The number of morpholine rings is 1. The monoisotopic (exact) mass is 551 g/mol. The van der Waals surface area contributed by atoms with Crippen molar-refractivity contribution in [2.24, 2.45) is 0 Å². The number of carbonyl (C=O) groups excluding carboxylic acids is 2. The second-order valence-electron chi connectivity index (χ2n) is 10.2. The SMILES string of the molecule is O=C1C(=O)C(Nc2ccncc2)C1NCCCCCCS(=O)(=O)N(OCCN1CCOCC1)C1CCCC1. The molecule has 1 aromatic heterocycles. The number of hydrogen-bond acceptors (Lipinski definition) is 10. The highest BCUT2D eigenvalue weighted by atomic mass is 32.2. The standard InChI is InChI=1S/C26H41N5O6S/c32-25-23(24(26(25)33)29-21-9-12-27-13-10-21)28-11-5-1-2-6-20-38(34,35)31(22-7-3-4-8-22)37-19-16-30-14-17-36-18-15-30/h9-10,12-13,22-24,28H,1-8,11,14-20H2,(H,27,29). The number of rotatable bonds is 16. The molecule has 3 aliphatic rings. The third-order valence-corrected chi connectivity index (χ3v) is 9.22. The van der Waals surface area contributed by atoms with Gasteiger partial charge in [0.05, 0.1) is 31.6 Å². The van der Waals surface area contributed by atoms with Crippen LogP contribution >= 0.6 is 0 Å². The molecule has 212 valence electrons. The Labute approximate surface area is 225 Å². The molecule has 0 radical (unpaired) electrons. The molecule has 1 saturated heterocycles. The molecular formula is C26H41N5O6S. The Hall–Kier alpha value is -1.96. The van der Waals surface area contributed by atoms with Gasteiger partial charge in [-0.15, -0.1) is 0 Å². The Bertz CT molecular complexity index is 999. The van der Waals surface area contributed by atoms with Gasteiger partial charge in [0.1, 0.15) is 12.1 Å². The molecule has 2 saturated carbocycles. The lowest BCUT2D eigenvalue weighted by atomic mass is 9.82. The molecule has 0 amide bonds. The fourth-order valence-corrected chi connectivity index (χ4v) is 6.87. The largest absolute Gasteiger partial charge is 0.379 e. The summed E-state index contributed by atoms with van der Waals surface area (Å²) in [7, 11) is -3.50. The van der Waals surface area contributed by atoms with E-state index in [0.717, 1.165) is 63.7 Å². The Kier molecular flexibility index (Phi) is 11.0. The van der Waals surface area contributed by atoms with Crippen molar-refractivity contribution in [2.75, 3.05) is 57.1 Å². The Balaban J connectivity index is 1.14. The Morgan fingerprint density at radius 2 is 1.68 bits per heavy atom. The number of nitrogens with one attached hydrogen (secondary N) is 2. The lowest BCUT2D eigenvalue weighted by Crippen LogP contribution is -2.67. The third kappa shape index (κ3) is 8.03. The maximum atomic E-state index is 13.2. The first-order valence-electron chi connectivity index (χ1n) is 13.9. The van der Waals surface area contributed by atoms with Gasteiger partial charge in [-0.2, -0.15) is 0 Å². The van der Waals surface area contributed by atoms with Crippen molar-refractivity contribution in [3.63, 3.8) is 0 Å². The summed E-state index contributed by atoms with van der Waals surface area (Å²) in [6, 6.07) is 2.34. The number of pyridine rings is 1. The van der Waals surface area contributed by atoms with Gasteiger partial charge in [-0.05, 0) is 44.4 Å². The number of hydrogen-bond donors (Lipinski definition) is 2. The van der Waals surface area contributed by atoms with Crippen molar-refractivity contribution in [3.05, 3.63) is 24.5 Å². The van der Waals surface area contributed by atoms with Crippen molar-refractivity contribution in [1.29, 1.82) is 0 Å².